The lowest BCUT2D eigenvalue weighted by atomic mass is 9.94. The van der Waals surface area contributed by atoms with E-state index in [1.165, 1.54) is 0 Å². The van der Waals surface area contributed by atoms with Crippen LogP contribution in [0.5, 0.6) is 0 Å². The van der Waals surface area contributed by atoms with Crippen molar-refractivity contribution >= 4 is 5.91 Å². The molecule has 2 fully saturated rings. The first-order chi connectivity index (χ1) is 10.3. The molecule has 128 valence electrons. The van der Waals surface area contributed by atoms with Gasteiger partial charge in [0.15, 0.2) is 0 Å². The number of nitrogens with two attached hydrogens (primary N) is 2. The zero-order chi connectivity index (χ0) is 16.3. The highest BCUT2D eigenvalue weighted by molar-refractivity contribution is 5.78. The molecule has 1 saturated carbocycles. The summed E-state index contributed by atoms with van der Waals surface area (Å²) in [7, 11) is 0. The van der Waals surface area contributed by atoms with Crippen LogP contribution in [0.2, 0.25) is 0 Å². The predicted molar refractivity (Wildman–Crippen MR) is 74.9 cm³/mol. The van der Waals surface area contributed by atoms with Crippen LogP contribution in [0.1, 0.15) is 38.5 Å². The molecule has 1 aliphatic carbocycles. The van der Waals surface area contributed by atoms with Gasteiger partial charge in [-0.25, -0.2) is 0 Å². The van der Waals surface area contributed by atoms with Gasteiger partial charge in [-0.3, -0.25) is 4.79 Å². The van der Waals surface area contributed by atoms with E-state index in [9.17, 15) is 18.0 Å². The van der Waals surface area contributed by atoms with E-state index in [1.807, 2.05) is 0 Å². The SMILES string of the molecule is NC1CCC(OCC(=O)N2CC(N)CCC2C(F)(F)F)CC1. The average molecular weight is 323 g/mol. The number of ether oxygens (including phenoxy) is 1. The Labute approximate surface area is 128 Å². The number of rotatable bonds is 3. The number of alkyl halides is 3. The molecule has 0 aromatic carbocycles. The highest BCUT2D eigenvalue weighted by Gasteiger charge is 2.47. The minimum atomic E-state index is -4.42. The zero-order valence-corrected chi connectivity index (χ0v) is 12.5. The van der Waals surface area contributed by atoms with Crippen LogP contribution in [0, 0.1) is 0 Å². The van der Waals surface area contributed by atoms with Gasteiger partial charge in [-0.2, -0.15) is 13.2 Å². The molecular formula is C14H24F3N3O2. The van der Waals surface area contributed by atoms with Crippen molar-refractivity contribution in [3.8, 4) is 0 Å². The summed E-state index contributed by atoms with van der Waals surface area (Å²) in [6.07, 6.45) is -1.26. The lowest BCUT2D eigenvalue weighted by molar-refractivity contribution is -0.199. The average Bonchev–Trinajstić information content (AvgIpc) is 2.45. The fourth-order valence-corrected chi connectivity index (χ4v) is 3.14. The van der Waals surface area contributed by atoms with Gasteiger partial charge in [0.2, 0.25) is 5.91 Å². The Balaban J connectivity index is 1.88. The fraction of sp³-hybridized carbons (Fsp3) is 0.929. The Bertz CT molecular complexity index is 384. The van der Waals surface area contributed by atoms with Gasteiger partial charge in [0.05, 0.1) is 6.10 Å². The van der Waals surface area contributed by atoms with Gasteiger partial charge in [-0.05, 0) is 38.5 Å². The fourth-order valence-electron chi connectivity index (χ4n) is 3.14. The number of carbonyl (C=O) groups is 1. The highest BCUT2D eigenvalue weighted by atomic mass is 19.4. The number of piperidine rings is 1. The van der Waals surface area contributed by atoms with E-state index >= 15 is 0 Å². The maximum Gasteiger partial charge on any atom is 0.408 e. The Morgan fingerprint density at radius 1 is 1.05 bits per heavy atom. The Hall–Kier alpha value is -0.860. The molecule has 0 bridgehead atoms. The zero-order valence-electron chi connectivity index (χ0n) is 12.5. The van der Waals surface area contributed by atoms with E-state index in [2.05, 4.69) is 0 Å². The van der Waals surface area contributed by atoms with Crippen molar-refractivity contribution in [3.63, 3.8) is 0 Å². The van der Waals surface area contributed by atoms with E-state index in [1.54, 1.807) is 0 Å². The Morgan fingerprint density at radius 3 is 2.23 bits per heavy atom. The van der Waals surface area contributed by atoms with Gasteiger partial charge in [0, 0.05) is 18.6 Å². The summed E-state index contributed by atoms with van der Waals surface area (Å²) in [5, 5.41) is 0. The molecule has 1 amide bonds. The number of carbonyl (C=O) groups excluding carboxylic acids is 1. The maximum atomic E-state index is 13.0. The molecule has 0 radical (unpaired) electrons. The number of amides is 1. The first kappa shape index (κ1) is 17.5. The van der Waals surface area contributed by atoms with Crippen molar-refractivity contribution in [1.82, 2.24) is 4.90 Å². The lowest BCUT2D eigenvalue weighted by Gasteiger charge is -2.39. The largest absolute Gasteiger partial charge is 0.408 e. The molecule has 8 heteroatoms. The quantitative estimate of drug-likeness (QED) is 0.816. The molecule has 0 aromatic heterocycles. The van der Waals surface area contributed by atoms with E-state index in [4.69, 9.17) is 16.2 Å². The molecule has 0 spiro atoms. The molecular weight excluding hydrogens is 299 g/mol. The van der Waals surface area contributed by atoms with Crippen LogP contribution in [-0.2, 0) is 9.53 Å². The Morgan fingerprint density at radius 2 is 1.64 bits per heavy atom. The van der Waals surface area contributed by atoms with Crippen LogP contribution >= 0.6 is 0 Å². The van der Waals surface area contributed by atoms with Crippen molar-refractivity contribution in [2.24, 2.45) is 11.5 Å². The molecule has 5 nitrogen and oxygen atoms in total. The summed E-state index contributed by atoms with van der Waals surface area (Å²) in [6.45, 7) is -0.388. The molecule has 1 heterocycles. The normalized spacial score (nSPS) is 33.8. The second-order valence-corrected chi connectivity index (χ2v) is 6.29. The minimum Gasteiger partial charge on any atom is -0.368 e. The number of hydrogen-bond acceptors (Lipinski definition) is 4. The van der Waals surface area contributed by atoms with Crippen molar-refractivity contribution in [1.29, 1.82) is 0 Å². The van der Waals surface area contributed by atoms with E-state index in [0.29, 0.717) is 0 Å². The molecule has 22 heavy (non-hydrogen) atoms. The molecule has 2 aliphatic rings. The van der Waals surface area contributed by atoms with Crippen molar-refractivity contribution in [3.05, 3.63) is 0 Å². The molecule has 2 rings (SSSR count). The van der Waals surface area contributed by atoms with Crippen molar-refractivity contribution < 1.29 is 22.7 Å². The third-order valence-electron chi connectivity index (χ3n) is 4.48. The van der Waals surface area contributed by atoms with Gasteiger partial charge in [0.25, 0.3) is 0 Å². The summed E-state index contributed by atoms with van der Waals surface area (Å²) in [5.41, 5.74) is 11.5. The van der Waals surface area contributed by atoms with Gasteiger partial charge < -0.3 is 21.1 Å². The second kappa shape index (κ2) is 7.14. The third-order valence-corrected chi connectivity index (χ3v) is 4.48. The first-order valence-electron chi connectivity index (χ1n) is 7.76. The predicted octanol–water partition coefficient (Wildman–Crippen LogP) is 1.15. The molecule has 4 N–H and O–H groups in total. The summed E-state index contributed by atoms with van der Waals surface area (Å²) in [4.78, 5) is 13.0. The van der Waals surface area contributed by atoms with Crippen molar-refractivity contribution in [2.45, 2.75) is 68.9 Å². The molecule has 1 aliphatic heterocycles. The van der Waals surface area contributed by atoms with Crippen LogP contribution in [0.4, 0.5) is 13.2 Å². The first-order valence-corrected chi connectivity index (χ1v) is 7.76. The monoisotopic (exact) mass is 323 g/mol. The maximum absolute atomic E-state index is 13.0. The Kier molecular flexibility index (Phi) is 5.68. The summed E-state index contributed by atoms with van der Waals surface area (Å²) in [6, 6.07) is -2.00. The van der Waals surface area contributed by atoms with Gasteiger partial charge >= 0.3 is 6.18 Å². The minimum absolute atomic E-state index is 0.0675. The van der Waals surface area contributed by atoms with Crippen LogP contribution in [0.25, 0.3) is 0 Å². The summed E-state index contributed by atoms with van der Waals surface area (Å²) >= 11 is 0. The standard InChI is InChI=1S/C14H24F3N3O2/c15-14(16,17)12-6-3-10(19)7-20(12)13(21)8-22-11-4-1-9(18)2-5-11/h9-12H,1-8,18-19H2. The second-order valence-electron chi connectivity index (χ2n) is 6.29. The van der Waals surface area contributed by atoms with Gasteiger partial charge in [0.1, 0.15) is 12.6 Å². The van der Waals surface area contributed by atoms with Crippen LogP contribution < -0.4 is 11.5 Å². The summed E-state index contributed by atoms with van der Waals surface area (Å²) < 4.78 is 44.6. The van der Waals surface area contributed by atoms with E-state index in [-0.39, 0.29) is 38.1 Å². The molecule has 0 aromatic rings. The van der Waals surface area contributed by atoms with E-state index in [0.717, 1.165) is 30.6 Å². The highest BCUT2D eigenvalue weighted by Crippen LogP contribution is 2.31. The number of likely N-dealkylation sites (tertiary alicyclic amines) is 1. The topological polar surface area (TPSA) is 81.6 Å². The molecule has 2 atom stereocenters. The van der Waals surface area contributed by atoms with Crippen molar-refractivity contribution in [2.75, 3.05) is 13.2 Å². The van der Waals surface area contributed by atoms with Crippen LogP contribution in [0.3, 0.4) is 0 Å². The molecule has 1 saturated heterocycles. The molecule has 2 unspecified atom stereocenters. The lowest BCUT2D eigenvalue weighted by Crippen LogP contribution is -2.57. The number of hydrogen-bond donors (Lipinski definition) is 2. The van der Waals surface area contributed by atoms with Gasteiger partial charge in [-0.1, -0.05) is 0 Å². The smallest absolute Gasteiger partial charge is 0.368 e. The van der Waals surface area contributed by atoms with Gasteiger partial charge in [-0.15, -0.1) is 0 Å². The number of halogens is 3. The van der Waals surface area contributed by atoms with E-state index < -0.39 is 24.2 Å². The number of nitrogens with zero attached hydrogens (tertiary/aromatic N) is 1. The summed E-state index contributed by atoms with van der Waals surface area (Å²) in [5.74, 6) is -0.632. The van der Waals surface area contributed by atoms with Crippen LogP contribution in [-0.4, -0.2) is 54.4 Å². The van der Waals surface area contributed by atoms with Crippen LogP contribution in [0.15, 0.2) is 0 Å². The third kappa shape index (κ3) is 4.57.